The van der Waals surface area contributed by atoms with Crippen molar-refractivity contribution in [2.75, 3.05) is 11.4 Å². The van der Waals surface area contributed by atoms with Gasteiger partial charge in [0.25, 0.3) is 0 Å². The smallest absolute Gasteiger partial charge is 0.414 e. The summed E-state index contributed by atoms with van der Waals surface area (Å²) in [5, 5.41) is 24.8. The van der Waals surface area contributed by atoms with E-state index in [4.69, 9.17) is 4.74 Å². The Morgan fingerprint density at radius 2 is 1.94 bits per heavy atom. The van der Waals surface area contributed by atoms with Gasteiger partial charge in [-0.15, -0.1) is 10.2 Å². The second kappa shape index (κ2) is 7.51. The lowest BCUT2D eigenvalue weighted by Gasteiger charge is -2.16. The van der Waals surface area contributed by atoms with Crippen molar-refractivity contribution in [2.45, 2.75) is 25.1 Å². The number of rotatable bonds is 5. The number of benzene rings is 1. The molecule has 0 saturated carbocycles. The Morgan fingerprint density at radius 1 is 1.19 bits per heavy atom. The number of anilines is 1. The molecule has 1 saturated heterocycles. The van der Waals surface area contributed by atoms with Crippen molar-refractivity contribution in [3.05, 3.63) is 59.7 Å². The topological polar surface area (TPSA) is 133 Å². The van der Waals surface area contributed by atoms with Gasteiger partial charge in [-0.05, 0) is 35.6 Å². The molecule has 1 fully saturated rings. The first kappa shape index (κ1) is 19.8. The number of nitrogens with zero attached hydrogens (tertiary/aromatic N) is 8. The molecule has 162 valence electrons. The van der Waals surface area contributed by atoms with Crippen LogP contribution in [0.15, 0.2) is 57.3 Å². The van der Waals surface area contributed by atoms with Crippen molar-refractivity contribution < 1.29 is 18.3 Å². The van der Waals surface area contributed by atoms with Gasteiger partial charge in [-0.1, -0.05) is 6.07 Å². The molecule has 13 heteroatoms. The van der Waals surface area contributed by atoms with Gasteiger partial charge in [0.05, 0.1) is 35.4 Å². The summed E-state index contributed by atoms with van der Waals surface area (Å²) in [5.41, 5.74) is 0.000588. The second-order valence-electron chi connectivity index (χ2n) is 7.40. The Balaban J connectivity index is 1.38. The molecule has 3 aromatic rings. The Hall–Kier alpha value is -4.16. The average molecular weight is 439 g/mol. The molecular weight excluding hydrogens is 424 g/mol. The Labute approximate surface area is 179 Å². The maximum atomic E-state index is 14.9. The summed E-state index contributed by atoms with van der Waals surface area (Å²) in [5.74, 6) is -1.68. The lowest BCUT2D eigenvalue weighted by molar-refractivity contribution is 0.141. The average Bonchev–Trinajstić information content (AvgIpc) is 3.51. The molecule has 0 aliphatic carbocycles. The molecule has 1 amide bonds. The molecule has 2 aliphatic rings. The Bertz CT molecular complexity index is 1190. The van der Waals surface area contributed by atoms with Crippen LogP contribution in [0.3, 0.4) is 0 Å². The van der Waals surface area contributed by atoms with E-state index in [1.54, 1.807) is 13.0 Å². The zero-order valence-corrected chi connectivity index (χ0v) is 16.6. The fourth-order valence-electron chi connectivity index (χ4n) is 3.55. The number of pyridine rings is 1. The van der Waals surface area contributed by atoms with Crippen molar-refractivity contribution in [3.8, 4) is 11.1 Å². The monoisotopic (exact) mass is 439 g/mol. The maximum absolute atomic E-state index is 14.9. The number of aromatic nitrogens is 4. The number of hydrogen-bond donors (Lipinski definition) is 1. The van der Waals surface area contributed by atoms with E-state index in [1.165, 1.54) is 23.4 Å². The lowest BCUT2D eigenvalue weighted by Crippen LogP contribution is -2.25. The fourth-order valence-corrected chi connectivity index (χ4v) is 3.55. The highest BCUT2D eigenvalue weighted by atomic mass is 19.1. The minimum Gasteiger partial charge on any atom is -0.444 e. The van der Waals surface area contributed by atoms with Crippen LogP contribution in [0.25, 0.3) is 11.1 Å². The van der Waals surface area contributed by atoms with Crippen molar-refractivity contribution >= 4 is 11.8 Å². The van der Waals surface area contributed by atoms with Gasteiger partial charge in [0.15, 0.2) is 0 Å². The van der Waals surface area contributed by atoms with Gasteiger partial charge < -0.3 is 4.74 Å². The number of ether oxygens (including phenoxy) is 1. The minimum atomic E-state index is -1.06. The number of carbonyl (C=O) groups excluding carboxylic acids is 1. The molecule has 2 aliphatic heterocycles. The van der Waals surface area contributed by atoms with Gasteiger partial charge in [0.1, 0.15) is 17.7 Å². The van der Waals surface area contributed by atoms with Crippen LogP contribution in [-0.2, 0) is 16.8 Å². The van der Waals surface area contributed by atoms with Gasteiger partial charge in [-0.25, -0.2) is 13.6 Å². The summed E-state index contributed by atoms with van der Waals surface area (Å²) < 4.78 is 35.1. The first-order valence-corrected chi connectivity index (χ1v) is 9.56. The molecule has 1 aromatic carbocycles. The number of amides is 1. The van der Waals surface area contributed by atoms with Gasteiger partial charge >= 0.3 is 6.09 Å². The van der Waals surface area contributed by atoms with Crippen molar-refractivity contribution in [1.29, 1.82) is 0 Å². The molecule has 0 spiro atoms. The highest BCUT2D eigenvalue weighted by molar-refractivity contribution is 5.90. The summed E-state index contributed by atoms with van der Waals surface area (Å²) in [4.78, 5) is 17.6. The third kappa shape index (κ3) is 3.46. The third-order valence-corrected chi connectivity index (χ3v) is 5.17. The van der Waals surface area contributed by atoms with Gasteiger partial charge in [-0.2, -0.15) is 15.4 Å². The molecule has 32 heavy (non-hydrogen) atoms. The molecule has 2 aromatic heterocycles. The van der Waals surface area contributed by atoms with E-state index in [0.29, 0.717) is 17.8 Å². The maximum Gasteiger partial charge on any atom is 0.414 e. The molecule has 0 unspecified atom stereocenters. The molecule has 11 nitrogen and oxygen atoms in total. The van der Waals surface area contributed by atoms with E-state index in [1.807, 2.05) is 0 Å². The van der Waals surface area contributed by atoms with E-state index in [0.717, 1.165) is 12.1 Å². The largest absolute Gasteiger partial charge is 0.444 e. The van der Waals surface area contributed by atoms with Gasteiger partial charge in [0, 0.05) is 18.2 Å². The highest BCUT2D eigenvalue weighted by Gasteiger charge is 2.34. The lowest BCUT2D eigenvalue weighted by atomic mass is 10.0. The SMILES string of the molecule is CC1(c2ccc(-c3c(F)cc(N4C[C@@H](Cc5cn[nH]n5)OC4=O)cc3F)cn2)N=NN=N1. The highest BCUT2D eigenvalue weighted by Crippen LogP contribution is 2.34. The summed E-state index contributed by atoms with van der Waals surface area (Å²) >= 11 is 0. The fraction of sp³-hybridized carbons (Fsp3) is 0.263. The second-order valence-corrected chi connectivity index (χ2v) is 7.40. The summed E-state index contributed by atoms with van der Waals surface area (Å²) in [6, 6.07) is 5.24. The number of carbonyl (C=O) groups is 1. The van der Waals surface area contributed by atoms with Crippen molar-refractivity contribution in [1.82, 2.24) is 20.4 Å². The number of aromatic amines is 1. The van der Waals surface area contributed by atoms with Crippen LogP contribution < -0.4 is 4.90 Å². The summed E-state index contributed by atoms with van der Waals surface area (Å²) in [6.07, 6.45) is 1.97. The standard InChI is InChI=1S/C19H15F2N9O2/c1-19(25-28-29-26-19)16-3-2-10(7-22-16)17-14(20)5-12(6-15(17)21)30-9-13(32-18(30)31)4-11-8-23-27-24-11/h2-3,5-8,13H,4,9H2,1H3,(H,23,24,27)/t13-/m1/s1. The molecule has 1 N–H and O–H groups in total. The molecule has 0 radical (unpaired) electrons. The van der Waals surface area contributed by atoms with Crippen LogP contribution in [0.5, 0.6) is 0 Å². The number of halogens is 2. The van der Waals surface area contributed by atoms with E-state index in [9.17, 15) is 13.6 Å². The Kier molecular flexibility index (Phi) is 4.64. The van der Waals surface area contributed by atoms with Crippen molar-refractivity contribution in [3.63, 3.8) is 0 Å². The van der Waals surface area contributed by atoms with Crippen LogP contribution in [0, 0.1) is 11.6 Å². The zero-order valence-electron chi connectivity index (χ0n) is 16.6. The van der Waals surface area contributed by atoms with E-state index in [2.05, 4.69) is 41.1 Å². The van der Waals surface area contributed by atoms with E-state index < -0.39 is 29.5 Å². The van der Waals surface area contributed by atoms with Crippen LogP contribution in [0.2, 0.25) is 0 Å². The zero-order chi connectivity index (χ0) is 22.3. The van der Waals surface area contributed by atoms with Gasteiger partial charge in [0.2, 0.25) is 5.66 Å². The normalized spacial score (nSPS) is 19.0. The van der Waals surface area contributed by atoms with Crippen LogP contribution in [0.1, 0.15) is 18.3 Å². The number of hydrogen-bond acceptors (Lipinski definition) is 9. The quantitative estimate of drug-likeness (QED) is 0.647. The van der Waals surface area contributed by atoms with Crippen LogP contribution in [0.4, 0.5) is 19.3 Å². The Morgan fingerprint density at radius 3 is 2.56 bits per heavy atom. The number of cyclic esters (lactones) is 1. The molecule has 4 heterocycles. The van der Waals surface area contributed by atoms with Crippen molar-refractivity contribution in [2.24, 2.45) is 20.7 Å². The predicted octanol–water partition coefficient (Wildman–Crippen LogP) is 3.72. The summed E-state index contributed by atoms with van der Waals surface area (Å²) in [6.45, 7) is 1.79. The molecular formula is C19H15F2N9O2. The third-order valence-electron chi connectivity index (χ3n) is 5.17. The minimum absolute atomic E-state index is 0.0558. The first-order chi connectivity index (χ1) is 15.4. The van der Waals surface area contributed by atoms with E-state index in [-0.39, 0.29) is 23.4 Å². The summed E-state index contributed by atoms with van der Waals surface area (Å²) in [7, 11) is 0. The van der Waals surface area contributed by atoms with E-state index >= 15 is 0 Å². The number of H-pyrrole nitrogens is 1. The van der Waals surface area contributed by atoms with Gasteiger partial charge in [-0.3, -0.25) is 9.88 Å². The van der Waals surface area contributed by atoms with Crippen LogP contribution >= 0.6 is 0 Å². The van der Waals surface area contributed by atoms with Crippen LogP contribution in [-0.4, -0.2) is 39.1 Å². The predicted molar refractivity (Wildman–Crippen MR) is 104 cm³/mol. The first-order valence-electron chi connectivity index (χ1n) is 9.56. The molecule has 5 rings (SSSR count). The molecule has 1 atom stereocenters. The number of nitrogens with one attached hydrogen (secondary N) is 1. The molecule has 0 bridgehead atoms.